The highest BCUT2D eigenvalue weighted by Crippen LogP contribution is 2.33. The van der Waals surface area contributed by atoms with Crippen molar-refractivity contribution in [1.82, 2.24) is 4.98 Å². The third kappa shape index (κ3) is 7.13. The number of thioether (sulfide) groups is 1. The van der Waals surface area contributed by atoms with Gasteiger partial charge in [0.1, 0.15) is 5.69 Å². The highest BCUT2D eigenvalue weighted by atomic mass is 32.2. The molecule has 2 rings (SSSR count). The number of ether oxygens (including phenoxy) is 1. The largest absolute Gasteiger partial charge is 0.417 e. The molecule has 1 N–H and O–H groups in total. The molecule has 0 radical (unpaired) electrons. The van der Waals surface area contributed by atoms with Crippen LogP contribution >= 0.6 is 11.8 Å². The van der Waals surface area contributed by atoms with Crippen molar-refractivity contribution < 1.29 is 27.8 Å². The number of halogens is 3. The van der Waals surface area contributed by atoms with Crippen LogP contribution in [0, 0.1) is 0 Å². The molecular weight excluding hydrogens is 403 g/mol. The normalized spacial score (nSPS) is 13.3. The van der Waals surface area contributed by atoms with Gasteiger partial charge in [0, 0.05) is 17.5 Å². The van der Waals surface area contributed by atoms with Gasteiger partial charge in [0.15, 0.2) is 12.1 Å². The molecule has 8 heteroatoms. The van der Waals surface area contributed by atoms with Crippen molar-refractivity contribution in [3.63, 3.8) is 0 Å². The summed E-state index contributed by atoms with van der Waals surface area (Å²) in [6.45, 7) is 5.36. The summed E-state index contributed by atoms with van der Waals surface area (Å²) in [6, 6.07) is 10.5. The van der Waals surface area contributed by atoms with E-state index < -0.39 is 35.8 Å². The zero-order chi connectivity index (χ0) is 21.7. The first kappa shape index (κ1) is 23.4. The maximum Gasteiger partial charge on any atom is 0.417 e. The van der Waals surface area contributed by atoms with Gasteiger partial charge in [-0.05, 0) is 31.2 Å². The molecule has 4 nitrogen and oxygen atoms in total. The minimum atomic E-state index is -4.54. The van der Waals surface area contributed by atoms with Gasteiger partial charge in [0.25, 0.3) is 0 Å². The Labute approximate surface area is 172 Å². The molecule has 1 aromatic heterocycles. The van der Waals surface area contributed by atoms with Crippen LogP contribution in [0.3, 0.4) is 0 Å². The standard InChI is InChI=1S/C21H24F3NO3S/c1-4-29-17-10-15(21(22,23)24)13-25-19(17)16(26)11-18(27)28-20(2,3)12-14-8-6-5-7-9-14/h5-10,13,18,27H,4,11-12H2,1-3H3. The number of rotatable bonds is 9. The number of pyridine rings is 1. The molecule has 1 unspecified atom stereocenters. The summed E-state index contributed by atoms with van der Waals surface area (Å²) < 4.78 is 44.4. The SMILES string of the molecule is CCSc1cc(C(F)(F)F)cnc1C(=O)CC(O)OC(C)(C)Cc1ccccc1. The number of Topliss-reactive ketones (excluding diaryl/α,β-unsaturated/α-hetero) is 1. The number of aliphatic hydroxyl groups excluding tert-OH is 1. The molecule has 2 aromatic rings. The molecule has 0 spiro atoms. The molecule has 0 saturated carbocycles. The van der Waals surface area contributed by atoms with E-state index in [0.29, 0.717) is 18.4 Å². The van der Waals surface area contributed by atoms with E-state index in [2.05, 4.69) is 4.98 Å². The Balaban J connectivity index is 2.08. The number of aliphatic hydroxyl groups is 1. The minimum Gasteiger partial charge on any atom is -0.368 e. The van der Waals surface area contributed by atoms with Gasteiger partial charge < -0.3 is 9.84 Å². The van der Waals surface area contributed by atoms with Crippen LogP contribution in [-0.2, 0) is 17.3 Å². The fraction of sp³-hybridized carbons (Fsp3) is 0.429. The number of alkyl halides is 3. The molecule has 1 atom stereocenters. The van der Waals surface area contributed by atoms with Crippen LogP contribution in [0.2, 0.25) is 0 Å². The second kappa shape index (κ2) is 9.73. The lowest BCUT2D eigenvalue weighted by atomic mass is 9.98. The molecule has 0 bridgehead atoms. The van der Waals surface area contributed by atoms with Crippen LogP contribution in [-0.4, -0.2) is 33.5 Å². The number of carbonyl (C=O) groups is 1. The average Bonchev–Trinajstić information content (AvgIpc) is 2.60. The molecule has 0 aliphatic carbocycles. The third-order valence-electron chi connectivity index (χ3n) is 4.03. The Morgan fingerprint density at radius 3 is 2.48 bits per heavy atom. The van der Waals surface area contributed by atoms with Crippen molar-refractivity contribution in [2.24, 2.45) is 0 Å². The summed E-state index contributed by atoms with van der Waals surface area (Å²) in [4.78, 5) is 16.4. The van der Waals surface area contributed by atoms with Crippen LogP contribution in [0.4, 0.5) is 13.2 Å². The number of hydrogen-bond acceptors (Lipinski definition) is 5. The van der Waals surface area contributed by atoms with Crippen LogP contribution in [0.5, 0.6) is 0 Å². The van der Waals surface area contributed by atoms with E-state index in [4.69, 9.17) is 4.74 Å². The predicted octanol–water partition coefficient (Wildman–Crippen LogP) is 5.14. The smallest absolute Gasteiger partial charge is 0.368 e. The van der Waals surface area contributed by atoms with Gasteiger partial charge in [0.05, 0.1) is 17.6 Å². The number of benzene rings is 1. The zero-order valence-corrected chi connectivity index (χ0v) is 17.3. The first-order chi connectivity index (χ1) is 13.5. The van der Waals surface area contributed by atoms with Crippen molar-refractivity contribution in [2.75, 3.05) is 5.75 Å². The van der Waals surface area contributed by atoms with Gasteiger partial charge in [-0.3, -0.25) is 9.78 Å². The van der Waals surface area contributed by atoms with E-state index in [1.807, 2.05) is 30.3 Å². The van der Waals surface area contributed by atoms with Crippen LogP contribution in [0.25, 0.3) is 0 Å². The predicted molar refractivity (Wildman–Crippen MR) is 106 cm³/mol. The van der Waals surface area contributed by atoms with E-state index in [9.17, 15) is 23.1 Å². The van der Waals surface area contributed by atoms with Crippen molar-refractivity contribution in [2.45, 2.75) is 56.6 Å². The lowest BCUT2D eigenvalue weighted by Crippen LogP contribution is -2.34. The minimum absolute atomic E-state index is 0.0895. The molecule has 29 heavy (non-hydrogen) atoms. The summed E-state index contributed by atoms with van der Waals surface area (Å²) >= 11 is 1.10. The first-order valence-electron chi connectivity index (χ1n) is 9.15. The molecule has 1 heterocycles. The zero-order valence-electron chi connectivity index (χ0n) is 16.5. The number of nitrogens with zero attached hydrogens (tertiary/aromatic N) is 1. The monoisotopic (exact) mass is 427 g/mol. The summed E-state index contributed by atoms with van der Waals surface area (Å²) in [7, 11) is 0. The molecule has 0 amide bonds. The summed E-state index contributed by atoms with van der Waals surface area (Å²) in [5, 5.41) is 10.2. The van der Waals surface area contributed by atoms with Crippen molar-refractivity contribution >= 4 is 17.5 Å². The quantitative estimate of drug-likeness (QED) is 0.341. The molecule has 158 valence electrons. The fourth-order valence-corrected chi connectivity index (χ4v) is 3.69. The van der Waals surface area contributed by atoms with E-state index in [1.54, 1.807) is 20.8 Å². The fourth-order valence-electron chi connectivity index (χ4n) is 2.87. The van der Waals surface area contributed by atoms with Gasteiger partial charge in [0.2, 0.25) is 0 Å². The Morgan fingerprint density at radius 2 is 1.90 bits per heavy atom. The van der Waals surface area contributed by atoms with Crippen LogP contribution in [0.15, 0.2) is 47.5 Å². The maximum atomic E-state index is 12.9. The van der Waals surface area contributed by atoms with Crippen LogP contribution < -0.4 is 0 Å². The summed E-state index contributed by atoms with van der Waals surface area (Å²) in [5.74, 6) is -0.0930. The number of ketones is 1. The number of hydrogen-bond donors (Lipinski definition) is 1. The number of carbonyl (C=O) groups excluding carboxylic acids is 1. The van der Waals surface area contributed by atoms with E-state index in [1.165, 1.54) is 0 Å². The molecule has 0 saturated heterocycles. The Bertz CT molecular complexity index is 826. The molecule has 0 aliphatic rings. The topological polar surface area (TPSA) is 59.4 Å². The lowest BCUT2D eigenvalue weighted by molar-refractivity contribution is -0.169. The second-order valence-electron chi connectivity index (χ2n) is 7.12. The van der Waals surface area contributed by atoms with Crippen LogP contribution in [0.1, 0.15) is 48.8 Å². The Kier molecular flexibility index (Phi) is 7.85. The highest BCUT2D eigenvalue weighted by Gasteiger charge is 2.33. The maximum absolute atomic E-state index is 12.9. The third-order valence-corrected chi connectivity index (χ3v) is 4.94. The molecule has 0 aliphatic heterocycles. The highest BCUT2D eigenvalue weighted by molar-refractivity contribution is 7.99. The van der Waals surface area contributed by atoms with E-state index >= 15 is 0 Å². The van der Waals surface area contributed by atoms with Gasteiger partial charge >= 0.3 is 6.18 Å². The van der Waals surface area contributed by atoms with Crippen molar-refractivity contribution in [1.29, 1.82) is 0 Å². The average molecular weight is 427 g/mol. The van der Waals surface area contributed by atoms with Gasteiger partial charge in [-0.1, -0.05) is 37.3 Å². The Morgan fingerprint density at radius 1 is 1.24 bits per heavy atom. The van der Waals surface area contributed by atoms with Crippen molar-refractivity contribution in [3.05, 3.63) is 59.4 Å². The second-order valence-corrected chi connectivity index (χ2v) is 8.43. The van der Waals surface area contributed by atoms with Gasteiger partial charge in [-0.25, -0.2) is 0 Å². The lowest BCUT2D eigenvalue weighted by Gasteiger charge is -2.28. The summed E-state index contributed by atoms with van der Waals surface area (Å²) in [5.41, 5.74) is -0.725. The summed E-state index contributed by atoms with van der Waals surface area (Å²) in [6.07, 6.45) is -5.17. The first-order valence-corrected chi connectivity index (χ1v) is 10.1. The number of aromatic nitrogens is 1. The van der Waals surface area contributed by atoms with Gasteiger partial charge in [-0.2, -0.15) is 13.2 Å². The van der Waals surface area contributed by atoms with E-state index in [-0.39, 0.29) is 10.6 Å². The molecule has 0 fully saturated rings. The van der Waals surface area contributed by atoms with E-state index in [0.717, 1.165) is 23.4 Å². The Hall–Kier alpha value is -1.90. The van der Waals surface area contributed by atoms with Gasteiger partial charge in [-0.15, -0.1) is 11.8 Å². The molecule has 1 aromatic carbocycles. The van der Waals surface area contributed by atoms with Crippen molar-refractivity contribution in [3.8, 4) is 0 Å². The molecular formula is C21H24F3NO3S.